The Morgan fingerprint density at radius 2 is 2.11 bits per heavy atom. The number of hydrogen-bond donors (Lipinski definition) is 2. The fourth-order valence-corrected chi connectivity index (χ4v) is 7.85. The number of amides is 1. The highest BCUT2D eigenvalue weighted by Crippen LogP contribution is 2.67. The van der Waals surface area contributed by atoms with E-state index >= 15 is 0 Å². The van der Waals surface area contributed by atoms with Gasteiger partial charge in [-0.05, 0) is 68.3 Å². The summed E-state index contributed by atoms with van der Waals surface area (Å²) in [5.74, 6) is 1.29. The zero-order valence-electron chi connectivity index (χ0n) is 21.0. The van der Waals surface area contributed by atoms with Gasteiger partial charge in [-0.25, -0.2) is 0 Å². The Bertz CT molecular complexity index is 1290. The van der Waals surface area contributed by atoms with Crippen molar-refractivity contribution in [3.8, 4) is 11.5 Å². The summed E-state index contributed by atoms with van der Waals surface area (Å²) in [6, 6.07) is 11.5. The maximum Gasteiger partial charge on any atom is 0.246 e. The number of ether oxygens (including phenoxy) is 1. The molecule has 5 atom stereocenters. The molecule has 2 saturated carbocycles. The van der Waals surface area contributed by atoms with Gasteiger partial charge in [0.15, 0.2) is 11.5 Å². The molecule has 6 nitrogen and oxygen atoms in total. The highest BCUT2D eigenvalue weighted by Gasteiger charge is 2.76. The second kappa shape index (κ2) is 7.59. The first kappa shape index (κ1) is 22.4. The lowest BCUT2D eigenvalue weighted by atomic mass is 9.56. The number of rotatable bonds is 5. The predicted octanol–water partition coefficient (Wildman–Crippen LogP) is 3.42. The molecule has 0 radical (unpaired) electrons. The van der Waals surface area contributed by atoms with Gasteiger partial charge in [0.2, 0.25) is 5.91 Å². The van der Waals surface area contributed by atoms with Crippen LogP contribution in [-0.4, -0.2) is 69.8 Å². The number of benzene rings is 2. The molecule has 3 aliphatic carbocycles. The van der Waals surface area contributed by atoms with Crippen molar-refractivity contribution in [1.82, 2.24) is 9.80 Å². The van der Waals surface area contributed by atoms with Crippen molar-refractivity contribution < 1.29 is 19.7 Å². The van der Waals surface area contributed by atoms with E-state index in [1.54, 1.807) is 17.0 Å². The molecule has 2 N–H and O–H groups in total. The number of hydrogen-bond acceptors (Lipinski definition) is 5. The quantitative estimate of drug-likeness (QED) is 0.634. The molecule has 1 spiro atoms. The molecule has 2 aliphatic heterocycles. The second-order valence-electron chi connectivity index (χ2n) is 11.8. The molecule has 3 fully saturated rings. The van der Waals surface area contributed by atoms with Crippen LogP contribution >= 0.6 is 0 Å². The summed E-state index contributed by atoms with van der Waals surface area (Å²) in [5, 5.41) is 23.3. The predicted molar refractivity (Wildman–Crippen MR) is 137 cm³/mol. The van der Waals surface area contributed by atoms with Crippen LogP contribution in [-0.2, 0) is 16.6 Å². The minimum absolute atomic E-state index is 0.00252. The number of phenols is 1. The summed E-state index contributed by atoms with van der Waals surface area (Å²) in [5.41, 5.74) is 2.70. The topological polar surface area (TPSA) is 73.2 Å². The van der Waals surface area contributed by atoms with Crippen molar-refractivity contribution in [2.75, 3.05) is 20.1 Å². The van der Waals surface area contributed by atoms with E-state index < -0.39 is 11.0 Å². The van der Waals surface area contributed by atoms with Crippen LogP contribution in [0.25, 0.3) is 6.08 Å². The number of aromatic hydroxyl groups is 1. The molecule has 0 unspecified atom stereocenters. The van der Waals surface area contributed by atoms with Crippen molar-refractivity contribution in [2.45, 2.75) is 68.2 Å². The Balaban J connectivity index is 1.26. The van der Waals surface area contributed by atoms with Crippen molar-refractivity contribution >= 4 is 12.0 Å². The smallest absolute Gasteiger partial charge is 0.246 e. The molecule has 7 rings (SSSR count). The number of aryl methyl sites for hydroxylation is 1. The van der Waals surface area contributed by atoms with Gasteiger partial charge in [0.25, 0.3) is 0 Å². The van der Waals surface area contributed by atoms with Crippen molar-refractivity contribution in [2.24, 2.45) is 5.92 Å². The lowest BCUT2D eigenvalue weighted by molar-refractivity contribution is -0.138. The molecule has 1 saturated heterocycles. The van der Waals surface area contributed by atoms with Gasteiger partial charge in [-0.3, -0.25) is 9.69 Å². The first-order valence-electron chi connectivity index (χ1n) is 13.3. The lowest BCUT2D eigenvalue weighted by Crippen LogP contribution is -2.70. The third-order valence-corrected chi connectivity index (χ3v) is 9.74. The summed E-state index contributed by atoms with van der Waals surface area (Å²) in [6.45, 7) is 3.98. The lowest BCUT2D eigenvalue weighted by Gasteiger charge is -2.57. The van der Waals surface area contributed by atoms with E-state index in [2.05, 4.69) is 4.90 Å². The molecule has 2 heterocycles. The number of carbonyl (C=O) groups is 1. The summed E-state index contributed by atoms with van der Waals surface area (Å²) >= 11 is 0. The van der Waals surface area contributed by atoms with Crippen molar-refractivity contribution in [1.29, 1.82) is 0 Å². The number of piperidine rings is 1. The molecule has 5 aliphatic rings. The van der Waals surface area contributed by atoms with Gasteiger partial charge in [0.05, 0.1) is 17.1 Å². The summed E-state index contributed by atoms with van der Waals surface area (Å²) in [7, 11) is 1.82. The molecule has 188 valence electrons. The molecular weight excluding hydrogens is 452 g/mol. The van der Waals surface area contributed by atoms with Crippen molar-refractivity contribution in [3.05, 3.63) is 64.7 Å². The molecule has 6 heteroatoms. The number of likely N-dealkylation sites (N-methyl/N-ethyl adjacent to an activating group) is 1. The Labute approximate surface area is 212 Å². The van der Waals surface area contributed by atoms with Gasteiger partial charge in [0, 0.05) is 37.7 Å². The number of nitrogens with zero attached hydrogens (tertiary/aromatic N) is 2. The van der Waals surface area contributed by atoms with E-state index in [1.807, 2.05) is 50.4 Å². The van der Waals surface area contributed by atoms with Crippen LogP contribution in [0.5, 0.6) is 11.5 Å². The van der Waals surface area contributed by atoms with Crippen LogP contribution in [0.15, 0.2) is 42.5 Å². The molecule has 36 heavy (non-hydrogen) atoms. The molecule has 1 amide bonds. The van der Waals surface area contributed by atoms with Crippen LogP contribution in [0.2, 0.25) is 0 Å². The monoisotopic (exact) mass is 486 g/mol. The summed E-state index contributed by atoms with van der Waals surface area (Å²) < 4.78 is 6.54. The fourth-order valence-electron chi connectivity index (χ4n) is 7.85. The third kappa shape index (κ3) is 2.94. The van der Waals surface area contributed by atoms with Crippen LogP contribution in [0.1, 0.15) is 47.9 Å². The van der Waals surface area contributed by atoms with Gasteiger partial charge in [-0.15, -0.1) is 0 Å². The Kier molecular flexibility index (Phi) is 4.72. The van der Waals surface area contributed by atoms with Crippen LogP contribution in [0, 0.1) is 12.8 Å². The minimum Gasteiger partial charge on any atom is -0.504 e. The summed E-state index contributed by atoms with van der Waals surface area (Å²) in [6.07, 6.45) is 7.66. The van der Waals surface area contributed by atoms with E-state index in [0.29, 0.717) is 12.2 Å². The molecule has 2 aromatic carbocycles. The number of aliphatic hydroxyl groups is 1. The van der Waals surface area contributed by atoms with E-state index in [0.717, 1.165) is 48.5 Å². The maximum atomic E-state index is 13.4. The Hall–Kier alpha value is -2.83. The van der Waals surface area contributed by atoms with Gasteiger partial charge < -0.3 is 19.8 Å². The zero-order valence-corrected chi connectivity index (χ0v) is 21.0. The second-order valence-corrected chi connectivity index (χ2v) is 11.8. The minimum atomic E-state index is -1.00. The third-order valence-electron chi connectivity index (χ3n) is 9.74. The van der Waals surface area contributed by atoms with Gasteiger partial charge in [-0.1, -0.05) is 35.9 Å². The Morgan fingerprint density at radius 3 is 2.89 bits per heavy atom. The normalized spacial score (nSPS) is 34.0. The fraction of sp³-hybridized carbons (Fsp3) is 0.500. The first-order valence-corrected chi connectivity index (χ1v) is 13.3. The zero-order chi connectivity index (χ0) is 24.8. The molecular formula is C30H34N2O4. The maximum absolute atomic E-state index is 13.4. The Morgan fingerprint density at radius 1 is 1.28 bits per heavy atom. The number of likely N-dealkylation sites (tertiary alicyclic amines) is 1. The van der Waals surface area contributed by atoms with E-state index in [1.165, 1.54) is 18.4 Å². The standard InChI is InChI=1S/C30H34N2O4/c1-18-4-3-5-19(14-18)8-11-25(34)31(2)22-16-30(35)24-15-21-9-10-23(33)27-26(21)29(30,28(22)36-27)12-13-32(24)17-20-6-7-20/h3-5,8-11,14,20,22,24,28,33,35H,6-7,12-13,15-17H2,1-2H3/b11-8+/t22-,24+,28-,29-,30+/m0/s1. The summed E-state index contributed by atoms with van der Waals surface area (Å²) in [4.78, 5) is 17.6. The van der Waals surface area contributed by atoms with Crippen molar-refractivity contribution in [3.63, 3.8) is 0 Å². The van der Waals surface area contributed by atoms with Crippen LogP contribution < -0.4 is 4.74 Å². The first-order chi connectivity index (χ1) is 17.3. The van der Waals surface area contributed by atoms with Crippen LogP contribution in [0.4, 0.5) is 0 Å². The van der Waals surface area contributed by atoms with E-state index in [9.17, 15) is 15.0 Å². The largest absolute Gasteiger partial charge is 0.504 e. The molecule has 2 aromatic rings. The highest BCUT2D eigenvalue weighted by molar-refractivity contribution is 5.92. The van der Waals surface area contributed by atoms with Gasteiger partial charge >= 0.3 is 0 Å². The molecule has 2 bridgehead atoms. The highest BCUT2D eigenvalue weighted by atomic mass is 16.5. The van der Waals surface area contributed by atoms with E-state index in [-0.39, 0.29) is 29.8 Å². The number of phenolic OH excluding ortho intramolecular Hbond substituents is 1. The molecule has 0 aromatic heterocycles. The van der Waals surface area contributed by atoms with Crippen LogP contribution in [0.3, 0.4) is 0 Å². The SMILES string of the molecule is Cc1cccc(/C=C/C(=O)N(C)[C@H]2C[C@@]3(O)[C@H]4Cc5ccc(O)c6c5[C@@]3(CCN4CC3CC3)[C@H]2O6)c1. The van der Waals surface area contributed by atoms with E-state index in [4.69, 9.17) is 4.74 Å². The van der Waals surface area contributed by atoms with Gasteiger partial charge in [-0.2, -0.15) is 0 Å². The average molecular weight is 487 g/mol. The number of carbonyl (C=O) groups excluding carboxylic acids is 1. The van der Waals surface area contributed by atoms with Gasteiger partial charge in [0.1, 0.15) is 6.10 Å². The average Bonchev–Trinajstić information content (AvgIpc) is 3.53.